The van der Waals surface area contributed by atoms with E-state index in [1.165, 1.54) is 6.07 Å². The number of carbonyl (C=O) groups is 1. The van der Waals surface area contributed by atoms with Crippen LogP contribution in [0.1, 0.15) is 34.9 Å². The second-order valence-electron chi connectivity index (χ2n) is 4.93. The first-order valence-electron chi connectivity index (χ1n) is 6.24. The van der Waals surface area contributed by atoms with Crippen LogP contribution in [0.2, 0.25) is 0 Å². The first kappa shape index (κ1) is 13.0. The van der Waals surface area contributed by atoms with Gasteiger partial charge in [-0.3, -0.25) is 0 Å². The van der Waals surface area contributed by atoms with Crippen LogP contribution in [0.15, 0.2) is 24.3 Å². The molecule has 1 fully saturated rings. The third-order valence-corrected chi connectivity index (χ3v) is 3.67. The van der Waals surface area contributed by atoms with Crippen molar-refractivity contribution in [1.29, 1.82) is 0 Å². The van der Waals surface area contributed by atoms with Crippen molar-refractivity contribution < 1.29 is 14.3 Å². The molecule has 1 saturated heterocycles. The Bertz CT molecular complexity index is 428. The minimum Gasteiger partial charge on any atom is -0.478 e. The average Bonchev–Trinajstić information content (AvgIpc) is 2.39. The van der Waals surface area contributed by atoms with E-state index in [0.717, 1.165) is 25.9 Å². The molecule has 1 unspecified atom stereocenters. The van der Waals surface area contributed by atoms with Gasteiger partial charge in [0.15, 0.2) is 0 Å². The second-order valence-corrected chi connectivity index (χ2v) is 4.93. The molecule has 0 saturated carbocycles. The fourth-order valence-electron chi connectivity index (χ4n) is 2.51. The number of carboxylic acid groups (broad SMARTS) is 1. The van der Waals surface area contributed by atoms with E-state index < -0.39 is 12.1 Å². The molecule has 0 aliphatic carbocycles. The summed E-state index contributed by atoms with van der Waals surface area (Å²) >= 11 is 0. The van der Waals surface area contributed by atoms with E-state index in [1.807, 2.05) is 7.05 Å². The largest absolute Gasteiger partial charge is 0.478 e. The van der Waals surface area contributed by atoms with Crippen molar-refractivity contribution >= 4 is 5.97 Å². The maximum atomic E-state index is 14.5. The number of hydrogen-bond donors (Lipinski definition) is 1. The number of aromatic carboxylic acids is 1. The van der Waals surface area contributed by atoms with Gasteiger partial charge in [0, 0.05) is 5.56 Å². The quantitative estimate of drug-likeness (QED) is 0.898. The monoisotopic (exact) mass is 251 g/mol. The van der Waals surface area contributed by atoms with Crippen molar-refractivity contribution in [3.05, 3.63) is 35.4 Å². The Morgan fingerprint density at radius 3 is 2.61 bits per heavy atom. The lowest BCUT2D eigenvalue weighted by Gasteiger charge is -2.31. The number of halogens is 1. The third-order valence-electron chi connectivity index (χ3n) is 3.67. The number of likely N-dealkylation sites (tertiary alicyclic amines) is 1. The van der Waals surface area contributed by atoms with Crippen LogP contribution in [-0.4, -0.2) is 36.1 Å². The van der Waals surface area contributed by atoms with Crippen LogP contribution in [0.5, 0.6) is 0 Å². The maximum Gasteiger partial charge on any atom is 0.336 e. The molecule has 3 nitrogen and oxygen atoms in total. The van der Waals surface area contributed by atoms with Gasteiger partial charge in [-0.1, -0.05) is 18.2 Å². The minimum atomic E-state index is -1.18. The lowest BCUT2D eigenvalue weighted by atomic mass is 9.87. The van der Waals surface area contributed by atoms with Gasteiger partial charge in [-0.15, -0.1) is 0 Å². The normalized spacial score (nSPS) is 19.7. The van der Waals surface area contributed by atoms with Crippen molar-refractivity contribution in [2.24, 2.45) is 5.92 Å². The lowest BCUT2D eigenvalue weighted by Crippen LogP contribution is -2.32. The van der Waals surface area contributed by atoms with E-state index in [2.05, 4.69) is 4.90 Å². The minimum absolute atomic E-state index is 0.0679. The molecule has 1 aromatic carbocycles. The van der Waals surface area contributed by atoms with Crippen molar-refractivity contribution in [2.45, 2.75) is 19.0 Å². The zero-order chi connectivity index (χ0) is 13.1. The van der Waals surface area contributed by atoms with E-state index in [-0.39, 0.29) is 11.5 Å². The molecule has 0 spiro atoms. The van der Waals surface area contributed by atoms with Gasteiger partial charge in [0.25, 0.3) is 0 Å². The highest BCUT2D eigenvalue weighted by atomic mass is 19.1. The molecule has 4 heteroatoms. The summed E-state index contributed by atoms with van der Waals surface area (Å²) in [6, 6.07) is 6.39. The van der Waals surface area contributed by atoms with Gasteiger partial charge in [-0.25, -0.2) is 9.18 Å². The lowest BCUT2D eigenvalue weighted by molar-refractivity contribution is 0.0688. The summed E-state index contributed by atoms with van der Waals surface area (Å²) in [6.07, 6.45) is 0.392. The van der Waals surface area contributed by atoms with Gasteiger partial charge in [0.05, 0.1) is 5.56 Å². The topological polar surface area (TPSA) is 40.5 Å². The fourth-order valence-corrected chi connectivity index (χ4v) is 2.51. The Labute approximate surface area is 106 Å². The standard InChI is InChI=1S/C14H18FNO2/c1-16-8-6-10(7-9-16)13(15)11-4-2-3-5-12(11)14(17)18/h2-5,10,13H,6-9H2,1H3,(H,17,18). The first-order valence-corrected chi connectivity index (χ1v) is 6.24. The molecule has 0 aromatic heterocycles. The van der Waals surface area contributed by atoms with Gasteiger partial charge >= 0.3 is 5.97 Å². The average molecular weight is 251 g/mol. The molecule has 1 aliphatic rings. The van der Waals surface area contributed by atoms with Gasteiger partial charge in [0.1, 0.15) is 6.17 Å². The van der Waals surface area contributed by atoms with Gasteiger partial charge in [-0.05, 0) is 45.0 Å². The highest BCUT2D eigenvalue weighted by molar-refractivity contribution is 5.89. The summed E-state index contributed by atoms with van der Waals surface area (Å²) in [6.45, 7) is 1.75. The predicted octanol–water partition coefficient (Wildman–Crippen LogP) is 2.74. The molecular weight excluding hydrogens is 233 g/mol. The van der Waals surface area contributed by atoms with Crippen LogP contribution >= 0.6 is 0 Å². The molecule has 0 radical (unpaired) electrons. The summed E-state index contributed by atoms with van der Waals surface area (Å²) in [7, 11) is 2.02. The Balaban J connectivity index is 2.18. The van der Waals surface area contributed by atoms with E-state index in [0.29, 0.717) is 5.56 Å². The number of rotatable bonds is 3. The number of carboxylic acids is 1. The molecule has 1 atom stereocenters. The van der Waals surface area contributed by atoms with Crippen LogP contribution in [0, 0.1) is 5.92 Å². The molecular formula is C14H18FNO2. The Morgan fingerprint density at radius 2 is 2.00 bits per heavy atom. The zero-order valence-corrected chi connectivity index (χ0v) is 10.5. The van der Waals surface area contributed by atoms with Crippen LogP contribution in [0.4, 0.5) is 4.39 Å². The predicted molar refractivity (Wildman–Crippen MR) is 67.5 cm³/mol. The van der Waals surface area contributed by atoms with Crippen molar-refractivity contribution in [3.8, 4) is 0 Å². The molecule has 1 aliphatic heterocycles. The Morgan fingerprint density at radius 1 is 1.39 bits per heavy atom. The van der Waals surface area contributed by atoms with E-state index >= 15 is 0 Å². The number of alkyl halides is 1. The number of nitrogens with zero attached hydrogens (tertiary/aromatic N) is 1. The Hall–Kier alpha value is -1.42. The molecule has 18 heavy (non-hydrogen) atoms. The summed E-state index contributed by atoms with van der Waals surface area (Å²) in [5.41, 5.74) is 0.406. The van der Waals surface area contributed by atoms with E-state index in [4.69, 9.17) is 5.11 Å². The molecule has 1 aromatic rings. The second kappa shape index (κ2) is 5.48. The third kappa shape index (κ3) is 2.70. The van der Waals surface area contributed by atoms with Gasteiger partial charge in [-0.2, -0.15) is 0 Å². The highest BCUT2D eigenvalue weighted by Crippen LogP contribution is 2.35. The molecule has 2 rings (SSSR count). The zero-order valence-electron chi connectivity index (χ0n) is 10.5. The highest BCUT2D eigenvalue weighted by Gasteiger charge is 2.29. The van der Waals surface area contributed by atoms with Gasteiger partial charge < -0.3 is 10.0 Å². The van der Waals surface area contributed by atoms with Gasteiger partial charge in [0.2, 0.25) is 0 Å². The van der Waals surface area contributed by atoms with Crippen molar-refractivity contribution in [2.75, 3.05) is 20.1 Å². The molecule has 1 heterocycles. The number of hydrogen-bond acceptors (Lipinski definition) is 2. The number of piperidine rings is 1. The van der Waals surface area contributed by atoms with E-state index in [9.17, 15) is 9.18 Å². The molecule has 0 amide bonds. The molecule has 0 bridgehead atoms. The van der Waals surface area contributed by atoms with Crippen molar-refractivity contribution in [3.63, 3.8) is 0 Å². The maximum absolute atomic E-state index is 14.5. The van der Waals surface area contributed by atoms with E-state index in [1.54, 1.807) is 18.2 Å². The fraction of sp³-hybridized carbons (Fsp3) is 0.500. The summed E-state index contributed by atoms with van der Waals surface area (Å²) in [5, 5.41) is 9.08. The van der Waals surface area contributed by atoms with Crippen molar-refractivity contribution in [1.82, 2.24) is 4.90 Å². The summed E-state index contributed by atoms with van der Waals surface area (Å²) in [4.78, 5) is 13.3. The Kier molecular flexibility index (Phi) is 3.97. The smallest absolute Gasteiger partial charge is 0.336 e. The molecule has 98 valence electrons. The van der Waals surface area contributed by atoms with Crippen LogP contribution < -0.4 is 0 Å². The SMILES string of the molecule is CN1CCC(C(F)c2ccccc2C(=O)O)CC1. The van der Waals surface area contributed by atoms with Crippen LogP contribution in [0.3, 0.4) is 0 Å². The first-order chi connectivity index (χ1) is 8.59. The molecule has 1 N–H and O–H groups in total. The van der Waals surface area contributed by atoms with Crippen LogP contribution in [-0.2, 0) is 0 Å². The number of benzene rings is 1. The summed E-state index contributed by atoms with van der Waals surface area (Å²) < 4.78 is 14.5. The summed E-state index contributed by atoms with van der Waals surface area (Å²) in [5.74, 6) is -1.12. The van der Waals surface area contributed by atoms with Crippen LogP contribution in [0.25, 0.3) is 0 Å².